The number of aryl methyl sites for hydroxylation is 1. The molecule has 2 aromatic carbocycles. The predicted molar refractivity (Wildman–Crippen MR) is 75.5 cm³/mol. The number of ether oxygens (including phenoxy) is 2. The number of benzene rings is 2. The first-order valence-electron chi connectivity index (χ1n) is 6.42. The Morgan fingerprint density at radius 3 is 2.38 bits per heavy atom. The van der Waals surface area contributed by atoms with Gasteiger partial charge in [-0.15, -0.1) is 0 Å². The Morgan fingerprint density at radius 1 is 1.05 bits per heavy atom. The van der Waals surface area contributed by atoms with Crippen LogP contribution in [0.5, 0.6) is 11.5 Å². The second-order valence-corrected chi connectivity index (χ2v) is 4.39. The highest BCUT2D eigenvalue weighted by Gasteiger charge is 2.10. The standard InChI is InChI=1S/C16H15FO4/c1-11-5-4-8-14(15(11)17)21-10-9-20-13-7-3-2-6-12(13)16(18)19/h2-8H,9-10H2,1H3,(H,18,19). The van der Waals surface area contributed by atoms with Crippen molar-refractivity contribution in [2.75, 3.05) is 13.2 Å². The van der Waals surface area contributed by atoms with E-state index < -0.39 is 11.8 Å². The lowest BCUT2D eigenvalue weighted by Crippen LogP contribution is -2.12. The third-order valence-corrected chi connectivity index (χ3v) is 2.87. The highest BCUT2D eigenvalue weighted by atomic mass is 19.1. The van der Waals surface area contributed by atoms with E-state index in [0.717, 1.165) is 0 Å². The number of rotatable bonds is 6. The van der Waals surface area contributed by atoms with Crippen molar-refractivity contribution in [2.24, 2.45) is 0 Å². The Kier molecular flexibility index (Phi) is 4.77. The Morgan fingerprint density at radius 2 is 1.67 bits per heavy atom. The molecule has 0 aliphatic carbocycles. The molecular weight excluding hydrogens is 275 g/mol. The lowest BCUT2D eigenvalue weighted by atomic mass is 10.2. The first-order valence-corrected chi connectivity index (χ1v) is 6.42. The number of carboxylic acid groups (broad SMARTS) is 1. The van der Waals surface area contributed by atoms with Crippen LogP contribution >= 0.6 is 0 Å². The molecule has 0 aromatic heterocycles. The van der Waals surface area contributed by atoms with Crippen LogP contribution in [0.2, 0.25) is 0 Å². The van der Waals surface area contributed by atoms with Crippen molar-refractivity contribution in [3.8, 4) is 11.5 Å². The fraction of sp³-hybridized carbons (Fsp3) is 0.188. The van der Waals surface area contributed by atoms with Crippen LogP contribution in [-0.4, -0.2) is 24.3 Å². The normalized spacial score (nSPS) is 10.2. The van der Waals surface area contributed by atoms with Crippen LogP contribution in [0, 0.1) is 12.7 Å². The number of hydrogen-bond acceptors (Lipinski definition) is 3. The molecule has 0 aliphatic heterocycles. The molecule has 0 atom stereocenters. The summed E-state index contributed by atoms with van der Waals surface area (Å²) in [4.78, 5) is 11.0. The Hall–Kier alpha value is -2.56. The van der Waals surface area contributed by atoms with E-state index in [2.05, 4.69) is 0 Å². The van der Waals surface area contributed by atoms with Crippen LogP contribution in [0.1, 0.15) is 15.9 Å². The van der Waals surface area contributed by atoms with Crippen molar-refractivity contribution in [3.63, 3.8) is 0 Å². The van der Waals surface area contributed by atoms with Gasteiger partial charge in [0.25, 0.3) is 0 Å². The molecule has 5 heteroatoms. The molecule has 1 N–H and O–H groups in total. The average molecular weight is 290 g/mol. The molecule has 0 amide bonds. The van der Waals surface area contributed by atoms with Gasteiger partial charge < -0.3 is 14.6 Å². The van der Waals surface area contributed by atoms with Gasteiger partial charge in [0.05, 0.1) is 0 Å². The van der Waals surface area contributed by atoms with E-state index in [-0.39, 0.29) is 30.3 Å². The summed E-state index contributed by atoms with van der Waals surface area (Å²) in [5.41, 5.74) is 0.587. The van der Waals surface area contributed by atoms with E-state index in [4.69, 9.17) is 14.6 Å². The lowest BCUT2D eigenvalue weighted by molar-refractivity contribution is 0.0691. The molecule has 0 heterocycles. The molecule has 21 heavy (non-hydrogen) atoms. The first kappa shape index (κ1) is 14.8. The molecule has 0 spiro atoms. The van der Waals surface area contributed by atoms with Crippen molar-refractivity contribution >= 4 is 5.97 Å². The third-order valence-electron chi connectivity index (χ3n) is 2.87. The highest BCUT2D eigenvalue weighted by Crippen LogP contribution is 2.20. The van der Waals surface area contributed by atoms with Crippen LogP contribution in [-0.2, 0) is 0 Å². The minimum absolute atomic E-state index is 0.0826. The maximum Gasteiger partial charge on any atom is 0.339 e. The van der Waals surface area contributed by atoms with Gasteiger partial charge in [-0.25, -0.2) is 9.18 Å². The fourth-order valence-electron chi connectivity index (χ4n) is 1.80. The second kappa shape index (κ2) is 6.74. The van der Waals surface area contributed by atoms with Crippen LogP contribution in [0.4, 0.5) is 4.39 Å². The first-order chi connectivity index (χ1) is 10.1. The molecule has 0 bridgehead atoms. The van der Waals surface area contributed by atoms with Gasteiger partial charge in [-0.1, -0.05) is 24.3 Å². The largest absolute Gasteiger partial charge is 0.489 e. The van der Waals surface area contributed by atoms with Crippen LogP contribution < -0.4 is 9.47 Å². The van der Waals surface area contributed by atoms with Crippen molar-refractivity contribution in [1.29, 1.82) is 0 Å². The number of carboxylic acids is 1. The monoisotopic (exact) mass is 290 g/mol. The molecule has 0 unspecified atom stereocenters. The number of hydrogen-bond donors (Lipinski definition) is 1. The Labute approximate surface area is 121 Å². The summed E-state index contributed by atoms with van der Waals surface area (Å²) < 4.78 is 24.3. The van der Waals surface area contributed by atoms with E-state index in [9.17, 15) is 9.18 Å². The Balaban J connectivity index is 1.91. The van der Waals surface area contributed by atoms with Crippen LogP contribution in [0.25, 0.3) is 0 Å². The van der Waals surface area contributed by atoms with E-state index in [0.29, 0.717) is 5.56 Å². The Bertz CT molecular complexity index is 640. The molecule has 0 aliphatic rings. The van der Waals surface area contributed by atoms with Gasteiger partial charge in [0.2, 0.25) is 0 Å². The van der Waals surface area contributed by atoms with Crippen molar-refractivity contribution in [2.45, 2.75) is 6.92 Å². The van der Waals surface area contributed by atoms with Crippen molar-refractivity contribution < 1.29 is 23.8 Å². The SMILES string of the molecule is Cc1cccc(OCCOc2ccccc2C(=O)O)c1F. The molecule has 0 saturated heterocycles. The van der Waals surface area contributed by atoms with Gasteiger partial charge in [0.15, 0.2) is 11.6 Å². The number of carbonyl (C=O) groups is 1. The lowest BCUT2D eigenvalue weighted by Gasteiger charge is -2.11. The quantitative estimate of drug-likeness (QED) is 0.829. The summed E-state index contributed by atoms with van der Waals surface area (Å²) >= 11 is 0. The molecule has 4 nitrogen and oxygen atoms in total. The minimum atomic E-state index is -1.06. The third kappa shape index (κ3) is 3.72. The van der Waals surface area contributed by atoms with Gasteiger partial charge in [-0.05, 0) is 30.7 Å². The van der Waals surface area contributed by atoms with E-state index in [1.165, 1.54) is 12.1 Å². The summed E-state index contributed by atoms with van der Waals surface area (Å²) in [7, 11) is 0. The summed E-state index contributed by atoms with van der Waals surface area (Å²) in [6.07, 6.45) is 0. The molecule has 0 fully saturated rings. The fourth-order valence-corrected chi connectivity index (χ4v) is 1.80. The van der Waals surface area contributed by atoms with Crippen LogP contribution in [0.3, 0.4) is 0 Å². The molecule has 0 radical (unpaired) electrons. The molecule has 0 saturated carbocycles. The number of aromatic carboxylic acids is 1. The zero-order valence-electron chi connectivity index (χ0n) is 11.5. The molecular formula is C16H15FO4. The van der Waals surface area contributed by atoms with Gasteiger partial charge in [-0.2, -0.15) is 0 Å². The summed E-state index contributed by atoms with van der Waals surface area (Å²) in [6, 6.07) is 11.2. The van der Waals surface area contributed by atoms with E-state index >= 15 is 0 Å². The predicted octanol–water partition coefficient (Wildman–Crippen LogP) is 3.29. The van der Waals surface area contributed by atoms with E-state index in [1.807, 2.05) is 0 Å². The number of halogens is 1. The number of para-hydroxylation sites is 1. The van der Waals surface area contributed by atoms with Crippen molar-refractivity contribution in [3.05, 3.63) is 59.4 Å². The van der Waals surface area contributed by atoms with Crippen LogP contribution in [0.15, 0.2) is 42.5 Å². The minimum Gasteiger partial charge on any atom is -0.489 e. The zero-order chi connectivity index (χ0) is 15.2. The zero-order valence-corrected chi connectivity index (χ0v) is 11.5. The smallest absolute Gasteiger partial charge is 0.339 e. The molecule has 2 rings (SSSR count). The second-order valence-electron chi connectivity index (χ2n) is 4.39. The molecule has 110 valence electrons. The van der Waals surface area contributed by atoms with E-state index in [1.54, 1.807) is 37.3 Å². The van der Waals surface area contributed by atoms with Gasteiger partial charge in [-0.3, -0.25) is 0 Å². The summed E-state index contributed by atoms with van der Waals surface area (Å²) in [5, 5.41) is 9.01. The highest BCUT2D eigenvalue weighted by molar-refractivity contribution is 5.90. The topological polar surface area (TPSA) is 55.8 Å². The van der Waals surface area contributed by atoms with Crippen molar-refractivity contribution in [1.82, 2.24) is 0 Å². The van der Waals surface area contributed by atoms with Gasteiger partial charge in [0, 0.05) is 0 Å². The van der Waals surface area contributed by atoms with Gasteiger partial charge in [0.1, 0.15) is 24.5 Å². The maximum atomic E-state index is 13.7. The maximum absolute atomic E-state index is 13.7. The van der Waals surface area contributed by atoms with Gasteiger partial charge >= 0.3 is 5.97 Å². The molecule has 2 aromatic rings. The summed E-state index contributed by atoms with van der Waals surface area (Å²) in [5.74, 6) is -1.04. The summed E-state index contributed by atoms with van der Waals surface area (Å²) in [6.45, 7) is 1.90. The average Bonchev–Trinajstić information content (AvgIpc) is 2.48.